The fourth-order valence-electron chi connectivity index (χ4n) is 3.76. The quantitative estimate of drug-likeness (QED) is 0.790. The van der Waals surface area contributed by atoms with Crippen molar-refractivity contribution in [1.29, 1.82) is 0 Å². The standard InChI is InChI=1S/C19H29N3O3S.ClH/c20-16-8-10-17(11-9-16)21-19(23)15-6-5-7-18(14-15)26(24,25)22-12-3-1-2-4-13-22;/h5-7,14,16-17H,1-4,8-13,20H2,(H,21,23);1H. The smallest absolute Gasteiger partial charge is 0.251 e. The molecule has 0 unspecified atom stereocenters. The molecule has 1 heterocycles. The summed E-state index contributed by atoms with van der Waals surface area (Å²) >= 11 is 0. The molecule has 1 aromatic carbocycles. The monoisotopic (exact) mass is 415 g/mol. The van der Waals surface area contributed by atoms with Crippen molar-refractivity contribution in [3.63, 3.8) is 0 Å². The lowest BCUT2D eigenvalue weighted by Crippen LogP contribution is -2.40. The fourth-order valence-corrected chi connectivity index (χ4v) is 5.32. The molecule has 1 aliphatic heterocycles. The molecule has 27 heavy (non-hydrogen) atoms. The van der Waals surface area contributed by atoms with Crippen molar-refractivity contribution in [3.8, 4) is 0 Å². The summed E-state index contributed by atoms with van der Waals surface area (Å²) in [5, 5.41) is 3.02. The molecule has 0 radical (unpaired) electrons. The van der Waals surface area contributed by atoms with Crippen LogP contribution in [0, 0.1) is 0 Å². The molecule has 3 N–H and O–H groups in total. The Balaban J connectivity index is 0.00000261. The third-order valence-electron chi connectivity index (χ3n) is 5.41. The summed E-state index contributed by atoms with van der Waals surface area (Å²) < 4.78 is 27.4. The van der Waals surface area contributed by atoms with E-state index in [4.69, 9.17) is 5.73 Å². The van der Waals surface area contributed by atoms with Crippen LogP contribution in [0.2, 0.25) is 0 Å². The van der Waals surface area contributed by atoms with Crippen LogP contribution in [0.3, 0.4) is 0 Å². The number of nitrogens with one attached hydrogen (secondary N) is 1. The lowest BCUT2D eigenvalue weighted by Gasteiger charge is -2.27. The van der Waals surface area contributed by atoms with Crippen LogP contribution < -0.4 is 11.1 Å². The van der Waals surface area contributed by atoms with E-state index in [2.05, 4.69) is 5.32 Å². The Bertz CT molecular complexity index is 725. The highest BCUT2D eigenvalue weighted by atomic mass is 35.5. The number of carbonyl (C=O) groups is 1. The van der Waals surface area contributed by atoms with Gasteiger partial charge in [0, 0.05) is 30.7 Å². The first-order valence-corrected chi connectivity index (χ1v) is 11.1. The van der Waals surface area contributed by atoms with Gasteiger partial charge in [-0.05, 0) is 56.7 Å². The molecule has 0 spiro atoms. The van der Waals surface area contributed by atoms with Gasteiger partial charge in [-0.2, -0.15) is 4.31 Å². The topological polar surface area (TPSA) is 92.5 Å². The average Bonchev–Trinajstić information content (AvgIpc) is 2.94. The van der Waals surface area contributed by atoms with Gasteiger partial charge in [-0.1, -0.05) is 18.9 Å². The van der Waals surface area contributed by atoms with Crippen LogP contribution in [0.4, 0.5) is 0 Å². The predicted molar refractivity (Wildman–Crippen MR) is 109 cm³/mol. The molecule has 2 fully saturated rings. The van der Waals surface area contributed by atoms with Crippen molar-refractivity contribution in [3.05, 3.63) is 29.8 Å². The van der Waals surface area contributed by atoms with Gasteiger partial charge >= 0.3 is 0 Å². The molecule has 0 bridgehead atoms. The number of benzene rings is 1. The van der Waals surface area contributed by atoms with Crippen molar-refractivity contribution in [1.82, 2.24) is 9.62 Å². The van der Waals surface area contributed by atoms with E-state index in [-0.39, 0.29) is 35.3 Å². The van der Waals surface area contributed by atoms with E-state index in [1.165, 1.54) is 6.07 Å². The van der Waals surface area contributed by atoms with Gasteiger partial charge in [0.15, 0.2) is 0 Å². The SMILES string of the molecule is Cl.NC1CCC(NC(=O)c2cccc(S(=O)(=O)N3CCCCCC3)c2)CC1. The minimum absolute atomic E-state index is 0. The maximum Gasteiger partial charge on any atom is 0.251 e. The molecule has 0 aromatic heterocycles. The van der Waals surface area contributed by atoms with E-state index in [1.807, 2.05) is 0 Å². The van der Waals surface area contributed by atoms with Crippen molar-refractivity contribution in [2.24, 2.45) is 5.73 Å². The Hall–Kier alpha value is -1.15. The Labute approximate surface area is 168 Å². The van der Waals surface area contributed by atoms with Crippen molar-refractivity contribution >= 4 is 28.3 Å². The first kappa shape index (κ1) is 22.1. The molecular formula is C19H30ClN3O3S. The number of rotatable bonds is 4. The maximum atomic E-state index is 12.9. The number of amides is 1. The van der Waals surface area contributed by atoms with Gasteiger partial charge in [-0.3, -0.25) is 4.79 Å². The van der Waals surface area contributed by atoms with Gasteiger partial charge in [0.1, 0.15) is 0 Å². The zero-order chi connectivity index (χ0) is 18.6. The molecule has 8 heteroatoms. The summed E-state index contributed by atoms with van der Waals surface area (Å²) in [6.45, 7) is 1.11. The van der Waals surface area contributed by atoms with E-state index in [0.29, 0.717) is 18.7 Å². The zero-order valence-corrected chi connectivity index (χ0v) is 17.2. The number of sulfonamides is 1. The van der Waals surface area contributed by atoms with Gasteiger partial charge in [-0.15, -0.1) is 12.4 Å². The number of carbonyl (C=O) groups excluding carboxylic acids is 1. The minimum Gasteiger partial charge on any atom is -0.349 e. The van der Waals surface area contributed by atoms with Gasteiger partial charge in [0.25, 0.3) is 5.91 Å². The van der Waals surface area contributed by atoms with Crippen molar-refractivity contribution in [2.45, 2.75) is 68.3 Å². The van der Waals surface area contributed by atoms with Crippen LogP contribution in [0.25, 0.3) is 0 Å². The first-order chi connectivity index (χ1) is 12.5. The summed E-state index contributed by atoms with van der Waals surface area (Å²) in [5.41, 5.74) is 6.30. The Morgan fingerprint density at radius 1 is 1.04 bits per heavy atom. The van der Waals surface area contributed by atoms with E-state index in [0.717, 1.165) is 51.4 Å². The highest BCUT2D eigenvalue weighted by Gasteiger charge is 2.26. The van der Waals surface area contributed by atoms with Crippen molar-refractivity contribution in [2.75, 3.05) is 13.1 Å². The van der Waals surface area contributed by atoms with Crippen LogP contribution in [0.1, 0.15) is 61.7 Å². The Morgan fingerprint density at radius 2 is 1.67 bits per heavy atom. The zero-order valence-electron chi connectivity index (χ0n) is 15.6. The highest BCUT2D eigenvalue weighted by molar-refractivity contribution is 7.89. The lowest BCUT2D eigenvalue weighted by atomic mass is 9.91. The molecule has 1 aromatic rings. The number of nitrogens with two attached hydrogens (primary N) is 1. The Kier molecular flexibility index (Phi) is 8.09. The maximum absolute atomic E-state index is 12.9. The first-order valence-electron chi connectivity index (χ1n) is 9.63. The second-order valence-electron chi connectivity index (χ2n) is 7.43. The summed E-state index contributed by atoms with van der Waals surface area (Å²) in [6, 6.07) is 6.75. The summed E-state index contributed by atoms with van der Waals surface area (Å²) in [4.78, 5) is 12.8. The number of hydrogen-bond acceptors (Lipinski definition) is 4. The molecule has 1 saturated carbocycles. The molecule has 152 valence electrons. The third kappa shape index (κ3) is 5.67. The van der Waals surface area contributed by atoms with E-state index in [1.54, 1.807) is 22.5 Å². The third-order valence-corrected chi connectivity index (χ3v) is 7.30. The molecule has 2 aliphatic rings. The summed E-state index contributed by atoms with van der Waals surface area (Å²) in [5.74, 6) is -0.210. The molecular weight excluding hydrogens is 386 g/mol. The lowest BCUT2D eigenvalue weighted by molar-refractivity contribution is 0.0925. The highest BCUT2D eigenvalue weighted by Crippen LogP contribution is 2.22. The van der Waals surface area contributed by atoms with Crippen LogP contribution in [-0.2, 0) is 10.0 Å². The summed E-state index contributed by atoms with van der Waals surface area (Å²) in [7, 11) is -3.54. The van der Waals surface area contributed by atoms with Crippen LogP contribution in [-0.4, -0.2) is 43.8 Å². The average molecular weight is 416 g/mol. The molecule has 0 atom stereocenters. The van der Waals surface area contributed by atoms with Gasteiger partial charge in [-0.25, -0.2) is 8.42 Å². The number of nitrogens with zero attached hydrogens (tertiary/aromatic N) is 1. The fraction of sp³-hybridized carbons (Fsp3) is 0.632. The Morgan fingerprint density at radius 3 is 2.30 bits per heavy atom. The van der Waals surface area contributed by atoms with Gasteiger partial charge < -0.3 is 11.1 Å². The summed E-state index contributed by atoms with van der Waals surface area (Å²) in [6.07, 6.45) is 7.49. The number of hydrogen-bond donors (Lipinski definition) is 2. The number of halogens is 1. The largest absolute Gasteiger partial charge is 0.349 e. The second kappa shape index (κ2) is 9.87. The van der Waals surface area contributed by atoms with E-state index >= 15 is 0 Å². The normalized spacial score (nSPS) is 24.5. The van der Waals surface area contributed by atoms with Crippen molar-refractivity contribution < 1.29 is 13.2 Å². The second-order valence-corrected chi connectivity index (χ2v) is 9.37. The minimum atomic E-state index is -3.54. The molecule has 3 rings (SSSR count). The molecule has 1 saturated heterocycles. The molecule has 6 nitrogen and oxygen atoms in total. The van der Waals surface area contributed by atoms with Crippen LogP contribution in [0.5, 0.6) is 0 Å². The van der Waals surface area contributed by atoms with E-state index < -0.39 is 10.0 Å². The van der Waals surface area contributed by atoms with Crippen LogP contribution >= 0.6 is 12.4 Å². The predicted octanol–water partition coefficient (Wildman–Crippen LogP) is 2.67. The van der Waals surface area contributed by atoms with E-state index in [9.17, 15) is 13.2 Å². The molecule has 1 aliphatic carbocycles. The molecule has 1 amide bonds. The van der Waals surface area contributed by atoms with Crippen LogP contribution in [0.15, 0.2) is 29.2 Å². The van der Waals surface area contributed by atoms with Gasteiger partial charge in [0.05, 0.1) is 4.90 Å². The van der Waals surface area contributed by atoms with Gasteiger partial charge in [0.2, 0.25) is 10.0 Å².